The summed E-state index contributed by atoms with van der Waals surface area (Å²) in [6.45, 7) is 5.88. The highest BCUT2D eigenvalue weighted by molar-refractivity contribution is 6.00. The van der Waals surface area contributed by atoms with E-state index in [9.17, 15) is 14.4 Å². The molecule has 9 heteroatoms. The summed E-state index contributed by atoms with van der Waals surface area (Å²) in [4.78, 5) is 43.9. The van der Waals surface area contributed by atoms with E-state index in [4.69, 9.17) is 9.47 Å². The van der Waals surface area contributed by atoms with Crippen molar-refractivity contribution in [3.8, 4) is 11.5 Å². The van der Waals surface area contributed by atoms with Crippen molar-refractivity contribution in [3.63, 3.8) is 0 Å². The molecule has 214 valence electrons. The summed E-state index contributed by atoms with van der Waals surface area (Å²) >= 11 is 0. The summed E-state index contributed by atoms with van der Waals surface area (Å²) in [5.74, 6) is 1.06. The van der Waals surface area contributed by atoms with E-state index in [2.05, 4.69) is 46.7 Å². The average molecular weight is 549 g/mol. The minimum atomic E-state index is -0.745. The largest absolute Gasteiger partial charge is 0.454 e. The van der Waals surface area contributed by atoms with Gasteiger partial charge in [-0.25, -0.2) is 0 Å². The highest BCUT2D eigenvalue weighted by Crippen LogP contribution is 2.34. The average Bonchev–Trinajstić information content (AvgIpc) is 3.46. The molecule has 9 nitrogen and oxygen atoms in total. The van der Waals surface area contributed by atoms with Gasteiger partial charge in [0.2, 0.25) is 18.6 Å². The molecule has 3 amide bonds. The molecule has 0 unspecified atom stereocenters. The Morgan fingerprint density at radius 1 is 1.02 bits per heavy atom. The second-order valence-corrected chi connectivity index (χ2v) is 10.9. The van der Waals surface area contributed by atoms with E-state index < -0.39 is 11.6 Å². The zero-order valence-corrected chi connectivity index (χ0v) is 23.3. The molecular weight excluding hydrogens is 508 g/mol. The van der Waals surface area contributed by atoms with Crippen LogP contribution < -0.4 is 20.1 Å². The van der Waals surface area contributed by atoms with Crippen molar-refractivity contribution in [2.75, 3.05) is 39.5 Å². The van der Waals surface area contributed by atoms with Crippen LogP contribution in [0.1, 0.15) is 61.4 Å². The smallest absolute Gasteiger partial charge is 0.251 e. The van der Waals surface area contributed by atoms with E-state index in [1.807, 2.05) is 11.0 Å². The first-order chi connectivity index (χ1) is 19.5. The number of benzene rings is 2. The number of likely N-dealkylation sites (tertiary alicyclic amines) is 1. The zero-order valence-electron chi connectivity index (χ0n) is 23.3. The molecule has 3 aliphatic rings. The van der Waals surface area contributed by atoms with E-state index in [0.717, 1.165) is 38.9 Å². The maximum absolute atomic E-state index is 13.6. The normalized spacial score (nSPS) is 20.0. The number of carbonyl (C=O) groups excluding carboxylic acids is 3. The lowest BCUT2D eigenvalue weighted by molar-refractivity contribution is -0.161. The van der Waals surface area contributed by atoms with Gasteiger partial charge in [0.1, 0.15) is 11.6 Å². The minimum Gasteiger partial charge on any atom is -0.454 e. The number of nitrogens with zero attached hydrogens (tertiary/aromatic N) is 2. The van der Waals surface area contributed by atoms with Crippen LogP contribution >= 0.6 is 0 Å². The molecule has 2 fully saturated rings. The van der Waals surface area contributed by atoms with Crippen LogP contribution in [-0.4, -0.2) is 78.6 Å². The fourth-order valence-corrected chi connectivity index (χ4v) is 6.01. The Morgan fingerprint density at radius 2 is 1.80 bits per heavy atom. The number of piperidine rings is 1. The summed E-state index contributed by atoms with van der Waals surface area (Å²) in [5.41, 5.74) is 1.09. The Hall–Kier alpha value is -3.59. The molecule has 2 saturated heterocycles. The van der Waals surface area contributed by atoms with Crippen LogP contribution in [0.15, 0.2) is 48.5 Å². The van der Waals surface area contributed by atoms with Gasteiger partial charge in [-0.2, -0.15) is 0 Å². The third kappa shape index (κ3) is 6.09. The molecule has 0 saturated carbocycles. The molecular formula is C31H40N4O5. The maximum atomic E-state index is 13.6. The predicted octanol–water partition coefficient (Wildman–Crippen LogP) is 3.13. The lowest BCUT2D eigenvalue weighted by Crippen LogP contribution is -2.72. The Morgan fingerprint density at radius 3 is 2.58 bits per heavy atom. The van der Waals surface area contributed by atoms with E-state index in [1.165, 1.54) is 5.56 Å². The molecule has 2 aromatic carbocycles. The minimum absolute atomic E-state index is 0.00984. The van der Waals surface area contributed by atoms with Crippen LogP contribution in [0.25, 0.3) is 0 Å². The molecule has 3 aliphatic heterocycles. The van der Waals surface area contributed by atoms with Crippen LogP contribution in [0.5, 0.6) is 11.5 Å². The van der Waals surface area contributed by atoms with Crippen LogP contribution in [0.4, 0.5) is 0 Å². The van der Waals surface area contributed by atoms with Gasteiger partial charge in [-0.1, -0.05) is 37.3 Å². The lowest BCUT2D eigenvalue weighted by atomic mass is 9.81. The molecule has 2 aromatic rings. The van der Waals surface area contributed by atoms with Crippen molar-refractivity contribution in [1.82, 2.24) is 20.4 Å². The number of nitrogens with one attached hydrogen (secondary N) is 2. The summed E-state index contributed by atoms with van der Waals surface area (Å²) in [7, 11) is 0. The van der Waals surface area contributed by atoms with Crippen molar-refractivity contribution in [2.24, 2.45) is 0 Å². The van der Waals surface area contributed by atoms with Crippen molar-refractivity contribution in [2.45, 2.75) is 63.5 Å². The number of hydrogen-bond donors (Lipinski definition) is 2. The molecule has 5 rings (SSSR count). The second kappa shape index (κ2) is 12.7. The number of ether oxygens (including phenoxy) is 2. The molecule has 1 spiro atoms. The fraction of sp³-hybridized carbons (Fsp3) is 0.516. The third-order valence-electron chi connectivity index (χ3n) is 8.34. The fourth-order valence-electron chi connectivity index (χ4n) is 6.01. The quantitative estimate of drug-likeness (QED) is 0.419. The monoisotopic (exact) mass is 548 g/mol. The Bertz CT molecular complexity index is 1200. The molecule has 1 atom stereocenters. The van der Waals surface area contributed by atoms with Gasteiger partial charge < -0.3 is 29.9 Å². The molecule has 2 N–H and O–H groups in total. The van der Waals surface area contributed by atoms with Crippen molar-refractivity contribution in [1.29, 1.82) is 0 Å². The first kappa shape index (κ1) is 28.0. The van der Waals surface area contributed by atoms with Gasteiger partial charge in [0.05, 0.1) is 0 Å². The SMILES string of the molecule is CCCN1C(=O)[C@H](CCCCNC(=O)c2ccc3c(c2)OCO3)NC(=O)C12CCN(CCc1ccccc1)CC2. The summed E-state index contributed by atoms with van der Waals surface area (Å²) in [6, 6.07) is 15.1. The van der Waals surface area contributed by atoms with Crippen molar-refractivity contribution < 1.29 is 23.9 Å². The van der Waals surface area contributed by atoms with Crippen LogP contribution in [0.2, 0.25) is 0 Å². The number of fused-ring (bicyclic) bond motifs is 1. The highest BCUT2D eigenvalue weighted by Gasteiger charge is 2.53. The van der Waals surface area contributed by atoms with Gasteiger partial charge in [-0.05, 0) is 68.7 Å². The molecule has 0 bridgehead atoms. The number of hydrogen-bond acceptors (Lipinski definition) is 6. The van der Waals surface area contributed by atoms with Crippen LogP contribution in [0, 0.1) is 0 Å². The van der Waals surface area contributed by atoms with Gasteiger partial charge in [0.25, 0.3) is 5.91 Å². The summed E-state index contributed by atoms with van der Waals surface area (Å²) in [6.07, 6.45) is 5.12. The highest BCUT2D eigenvalue weighted by atomic mass is 16.7. The van der Waals surface area contributed by atoms with E-state index in [1.54, 1.807) is 18.2 Å². The predicted molar refractivity (Wildman–Crippen MR) is 151 cm³/mol. The van der Waals surface area contributed by atoms with Gasteiger partial charge >= 0.3 is 0 Å². The van der Waals surface area contributed by atoms with Crippen LogP contribution in [-0.2, 0) is 16.0 Å². The molecule has 0 radical (unpaired) electrons. The van der Waals surface area contributed by atoms with Crippen molar-refractivity contribution >= 4 is 17.7 Å². The van der Waals surface area contributed by atoms with Gasteiger partial charge in [0, 0.05) is 38.3 Å². The maximum Gasteiger partial charge on any atom is 0.251 e. The molecule has 0 aliphatic carbocycles. The van der Waals surface area contributed by atoms with Gasteiger partial charge in [-0.15, -0.1) is 0 Å². The standard InChI is InChI=1S/C31H40N4O5/c1-2-17-35-29(37)25(10-6-7-16-32-28(36)24-11-12-26-27(21-24)40-22-39-26)33-30(38)31(35)14-19-34(20-15-31)18-13-23-8-4-3-5-9-23/h3-5,8-9,11-12,21,25H,2,6-7,10,13-20,22H2,1H3,(H,32,36)(H,33,38)/t25-/m0/s1. The van der Waals surface area contributed by atoms with Gasteiger partial charge in [0.15, 0.2) is 11.5 Å². The van der Waals surface area contributed by atoms with Crippen molar-refractivity contribution in [3.05, 3.63) is 59.7 Å². The van der Waals surface area contributed by atoms with Crippen LogP contribution in [0.3, 0.4) is 0 Å². The topological polar surface area (TPSA) is 100 Å². The number of unbranched alkanes of at least 4 members (excludes halogenated alkanes) is 1. The van der Waals surface area contributed by atoms with E-state index in [0.29, 0.717) is 55.8 Å². The Labute approximate surface area is 236 Å². The molecule has 0 aromatic heterocycles. The Kier molecular flexibility index (Phi) is 8.89. The molecule has 40 heavy (non-hydrogen) atoms. The number of carbonyl (C=O) groups is 3. The number of piperazine rings is 1. The third-order valence-corrected chi connectivity index (χ3v) is 8.34. The summed E-state index contributed by atoms with van der Waals surface area (Å²) < 4.78 is 10.6. The number of amides is 3. The lowest BCUT2D eigenvalue weighted by Gasteiger charge is -2.51. The first-order valence-corrected chi connectivity index (χ1v) is 14.6. The van der Waals surface area contributed by atoms with E-state index in [-0.39, 0.29) is 24.5 Å². The first-order valence-electron chi connectivity index (χ1n) is 14.6. The summed E-state index contributed by atoms with van der Waals surface area (Å²) in [5, 5.41) is 6.00. The van der Waals surface area contributed by atoms with E-state index >= 15 is 0 Å². The zero-order chi connectivity index (χ0) is 28.0. The Balaban J connectivity index is 1.09. The second-order valence-electron chi connectivity index (χ2n) is 10.9. The van der Waals surface area contributed by atoms with Gasteiger partial charge in [-0.3, -0.25) is 14.4 Å². The molecule has 3 heterocycles. The number of rotatable bonds is 11.